The summed E-state index contributed by atoms with van der Waals surface area (Å²) >= 11 is 1.10. The van der Waals surface area contributed by atoms with Gasteiger partial charge in [0.2, 0.25) is 0 Å². The maximum atomic E-state index is 11.4. The molecule has 0 fully saturated rings. The van der Waals surface area contributed by atoms with Gasteiger partial charge in [-0.1, -0.05) is 18.2 Å². The Morgan fingerprint density at radius 3 is 2.40 bits per heavy atom. The van der Waals surface area contributed by atoms with E-state index in [0.717, 1.165) is 16.7 Å². The summed E-state index contributed by atoms with van der Waals surface area (Å²) in [5.74, 6) is 0. The molecule has 0 heterocycles. The van der Waals surface area contributed by atoms with Crippen LogP contribution in [-0.4, -0.2) is 23.5 Å². The van der Waals surface area contributed by atoms with Gasteiger partial charge in [-0.3, -0.25) is 0 Å². The van der Waals surface area contributed by atoms with E-state index >= 15 is 0 Å². The molecular weight excluding hydrogens is 210 g/mol. The first-order chi connectivity index (χ1) is 7.26. The molecule has 0 aliphatic rings. The predicted molar refractivity (Wildman–Crippen MR) is 61.7 cm³/mol. The third kappa shape index (κ3) is 4.36. The number of hydrogen-bond acceptors (Lipinski definition) is 4. The van der Waals surface area contributed by atoms with E-state index in [1.54, 1.807) is 5.06 Å². The largest absolute Gasteiger partial charge is 0.391 e. The van der Waals surface area contributed by atoms with Gasteiger partial charge in [0.05, 0.1) is 0 Å². The van der Waals surface area contributed by atoms with Gasteiger partial charge in [0.1, 0.15) is 0 Å². The van der Waals surface area contributed by atoms with Gasteiger partial charge >= 0.3 is 5.30 Å². The van der Waals surface area contributed by atoms with Gasteiger partial charge < -0.3 is 4.84 Å². The quantitative estimate of drug-likeness (QED) is 0.581. The molecule has 0 aliphatic heterocycles. The second-order valence-electron chi connectivity index (χ2n) is 2.87. The molecule has 82 valence electrons. The van der Waals surface area contributed by atoms with Crippen molar-refractivity contribution in [1.82, 2.24) is 5.06 Å². The van der Waals surface area contributed by atoms with Gasteiger partial charge in [0.25, 0.3) is 0 Å². The number of hydroxylamine groups is 2. The van der Waals surface area contributed by atoms with Crippen molar-refractivity contribution in [3.05, 3.63) is 30.3 Å². The summed E-state index contributed by atoms with van der Waals surface area (Å²) in [6, 6.07) is 9.47. The summed E-state index contributed by atoms with van der Waals surface area (Å²) in [7, 11) is 0. The Balaban J connectivity index is 2.43. The maximum absolute atomic E-state index is 11.4. The molecule has 0 aliphatic carbocycles. The number of nitrogens with zero attached hydrogens (tertiary/aromatic N) is 1. The van der Waals surface area contributed by atoms with Crippen LogP contribution in [0.3, 0.4) is 0 Å². The third-order valence-corrected chi connectivity index (χ3v) is 2.60. The molecule has 0 bridgehead atoms. The van der Waals surface area contributed by atoms with Crippen LogP contribution < -0.4 is 0 Å². The minimum atomic E-state index is -0.287. The number of thioether (sulfide) groups is 1. The zero-order valence-corrected chi connectivity index (χ0v) is 9.79. The van der Waals surface area contributed by atoms with Crippen LogP contribution in [0.2, 0.25) is 0 Å². The van der Waals surface area contributed by atoms with Crippen LogP contribution in [0.25, 0.3) is 0 Å². The number of benzene rings is 1. The summed E-state index contributed by atoms with van der Waals surface area (Å²) in [6.07, 6.45) is 0. The Kier molecular flexibility index (Phi) is 5.21. The lowest BCUT2D eigenvalue weighted by atomic mass is 10.4. The van der Waals surface area contributed by atoms with Crippen LogP contribution in [0, 0.1) is 0 Å². The summed E-state index contributed by atoms with van der Waals surface area (Å²) in [6.45, 7) is 5.31. The fraction of sp³-hybridized carbons (Fsp3) is 0.364. The van der Waals surface area contributed by atoms with Gasteiger partial charge in [-0.2, -0.15) is 0 Å². The van der Waals surface area contributed by atoms with E-state index in [9.17, 15) is 4.79 Å². The predicted octanol–water partition coefficient (Wildman–Crippen LogP) is 3.17. The zero-order chi connectivity index (χ0) is 11.1. The highest BCUT2D eigenvalue weighted by Gasteiger charge is 2.09. The molecule has 0 N–H and O–H groups in total. The maximum Gasteiger partial charge on any atom is 0.391 e. The van der Waals surface area contributed by atoms with Crippen molar-refractivity contribution in [3.63, 3.8) is 0 Å². The standard InChI is InChI=1S/C11H15NO2S/c1-3-12(4-2)14-11(13)15-10-8-6-5-7-9-10/h5-9H,3-4H2,1-2H3. The van der Waals surface area contributed by atoms with Crippen LogP contribution in [-0.2, 0) is 4.84 Å². The lowest BCUT2D eigenvalue weighted by Crippen LogP contribution is -2.24. The average Bonchev–Trinajstić information content (AvgIpc) is 2.27. The Bertz CT molecular complexity index is 299. The Morgan fingerprint density at radius 1 is 1.27 bits per heavy atom. The fourth-order valence-corrected chi connectivity index (χ4v) is 1.69. The van der Waals surface area contributed by atoms with Crippen molar-refractivity contribution in [2.75, 3.05) is 13.1 Å². The SMILES string of the molecule is CCN(CC)OC(=O)Sc1ccccc1. The highest BCUT2D eigenvalue weighted by molar-refractivity contribution is 8.13. The van der Waals surface area contributed by atoms with Crippen molar-refractivity contribution < 1.29 is 9.63 Å². The van der Waals surface area contributed by atoms with Crippen LogP contribution >= 0.6 is 11.8 Å². The number of carbonyl (C=O) groups excluding carboxylic acids is 1. The number of carbonyl (C=O) groups is 1. The minimum absolute atomic E-state index is 0.287. The molecule has 0 amide bonds. The second kappa shape index (κ2) is 6.48. The molecule has 4 heteroatoms. The fourth-order valence-electron chi connectivity index (χ4n) is 1.06. The number of hydrogen-bond donors (Lipinski definition) is 0. The van der Waals surface area contributed by atoms with E-state index in [1.807, 2.05) is 44.2 Å². The number of rotatable bonds is 4. The summed E-state index contributed by atoms with van der Waals surface area (Å²) in [4.78, 5) is 17.4. The van der Waals surface area contributed by atoms with Crippen molar-refractivity contribution >= 4 is 17.1 Å². The monoisotopic (exact) mass is 225 g/mol. The van der Waals surface area contributed by atoms with E-state index in [2.05, 4.69) is 0 Å². The van der Waals surface area contributed by atoms with E-state index < -0.39 is 0 Å². The van der Waals surface area contributed by atoms with E-state index in [1.165, 1.54) is 0 Å². The molecule has 0 radical (unpaired) electrons. The summed E-state index contributed by atoms with van der Waals surface area (Å²) in [5.41, 5.74) is 0. The highest BCUT2D eigenvalue weighted by atomic mass is 32.2. The topological polar surface area (TPSA) is 29.5 Å². The summed E-state index contributed by atoms with van der Waals surface area (Å²) in [5, 5.41) is 1.34. The van der Waals surface area contributed by atoms with Crippen molar-refractivity contribution in [2.24, 2.45) is 0 Å². The third-order valence-electron chi connectivity index (χ3n) is 1.85. The molecule has 15 heavy (non-hydrogen) atoms. The Morgan fingerprint density at radius 2 is 1.87 bits per heavy atom. The molecule has 0 atom stereocenters. The lowest BCUT2D eigenvalue weighted by molar-refractivity contribution is -0.0793. The molecule has 1 rings (SSSR count). The van der Waals surface area contributed by atoms with Crippen molar-refractivity contribution in [2.45, 2.75) is 18.7 Å². The molecule has 0 spiro atoms. The van der Waals surface area contributed by atoms with Gasteiger partial charge in [-0.25, -0.2) is 4.79 Å². The van der Waals surface area contributed by atoms with Gasteiger partial charge in [-0.15, -0.1) is 5.06 Å². The Labute approximate surface area is 94.4 Å². The van der Waals surface area contributed by atoms with Crippen LogP contribution in [0.5, 0.6) is 0 Å². The van der Waals surface area contributed by atoms with Gasteiger partial charge in [0.15, 0.2) is 0 Å². The minimum Gasteiger partial charge on any atom is -0.359 e. The van der Waals surface area contributed by atoms with Crippen LogP contribution in [0.1, 0.15) is 13.8 Å². The first-order valence-electron chi connectivity index (χ1n) is 4.96. The van der Waals surface area contributed by atoms with Crippen molar-refractivity contribution in [1.29, 1.82) is 0 Å². The van der Waals surface area contributed by atoms with Crippen molar-refractivity contribution in [3.8, 4) is 0 Å². The summed E-state index contributed by atoms with van der Waals surface area (Å²) < 4.78 is 0. The molecule has 1 aromatic carbocycles. The molecule has 0 unspecified atom stereocenters. The normalized spacial score (nSPS) is 10.3. The first kappa shape index (κ1) is 12.1. The molecule has 0 aromatic heterocycles. The first-order valence-corrected chi connectivity index (χ1v) is 5.77. The molecule has 1 aromatic rings. The Hall–Kier alpha value is -1.00. The van der Waals surface area contributed by atoms with E-state index in [0.29, 0.717) is 13.1 Å². The van der Waals surface area contributed by atoms with E-state index in [4.69, 9.17) is 4.84 Å². The lowest BCUT2D eigenvalue weighted by Gasteiger charge is -2.16. The molecular formula is C11H15NO2S. The average molecular weight is 225 g/mol. The zero-order valence-electron chi connectivity index (χ0n) is 8.97. The van der Waals surface area contributed by atoms with Gasteiger partial charge in [0, 0.05) is 18.0 Å². The van der Waals surface area contributed by atoms with Gasteiger partial charge in [-0.05, 0) is 37.7 Å². The van der Waals surface area contributed by atoms with E-state index in [-0.39, 0.29) is 5.30 Å². The molecule has 3 nitrogen and oxygen atoms in total. The smallest absolute Gasteiger partial charge is 0.359 e. The highest BCUT2D eigenvalue weighted by Crippen LogP contribution is 2.19. The van der Waals surface area contributed by atoms with Crippen LogP contribution in [0.4, 0.5) is 4.79 Å². The molecule has 0 saturated heterocycles. The second-order valence-corrected chi connectivity index (χ2v) is 3.88. The molecule has 0 saturated carbocycles. The van der Waals surface area contributed by atoms with Crippen LogP contribution in [0.15, 0.2) is 35.2 Å².